The largest absolute Gasteiger partial charge is 0.507 e. The van der Waals surface area contributed by atoms with Crippen molar-refractivity contribution in [3.8, 4) is 0 Å². The lowest BCUT2D eigenvalue weighted by Crippen LogP contribution is -2.39. The molecule has 25 heavy (non-hydrogen) atoms. The number of aliphatic hydroxyl groups excluding tert-OH is 1. The van der Waals surface area contributed by atoms with Crippen LogP contribution in [-0.4, -0.2) is 45.2 Å². The molecule has 7 nitrogen and oxygen atoms in total. The molecule has 1 fully saturated rings. The Morgan fingerprint density at radius 1 is 1.24 bits per heavy atom. The summed E-state index contributed by atoms with van der Waals surface area (Å²) in [5.41, 5.74) is 2.68. The molecule has 0 aromatic heterocycles. The first-order chi connectivity index (χ1) is 11.9. The second-order valence-electron chi connectivity index (χ2n) is 7.02. The number of nitrogens with zero attached hydrogens (tertiary/aromatic N) is 1. The third kappa shape index (κ3) is 2.22. The number of imide groups is 1. The summed E-state index contributed by atoms with van der Waals surface area (Å²) in [6, 6.07) is -0.528. The molecule has 0 aromatic carbocycles. The second-order valence-corrected chi connectivity index (χ2v) is 7.02. The van der Waals surface area contributed by atoms with E-state index in [-0.39, 0.29) is 17.3 Å². The van der Waals surface area contributed by atoms with E-state index < -0.39 is 30.1 Å². The Kier molecular flexibility index (Phi) is 3.49. The highest BCUT2D eigenvalue weighted by Crippen LogP contribution is 2.50. The number of carbonyl (C=O) groups is 3. The first-order valence-electron chi connectivity index (χ1n) is 8.50. The van der Waals surface area contributed by atoms with Gasteiger partial charge in [0.25, 0.3) is 5.91 Å². The third-order valence-electron chi connectivity index (χ3n) is 5.64. The number of aliphatic hydroxyl groups is 1. The number of hydrogen-bond acceptors (Lipinski definition) is 5. The Morgan fingerprint density at radius 3 is 2.60 bits per heavy atom. The maximum absolute atomic E-state index is 12.7. The molecule has 0 spiro atoms. The van der Waals surface area contributed by atoms with E-state index in [1.165, 1.54) is 11.6 Å². The summed E-state index contributed by atoms with van der Waals surface area (Å²) in [6.45, 7) is 1.57. The Balaban J connectivity index is 1.78. The van der Waals surface area contributed by atoms with E-state index >= 15 is 0 Å². The number of esters is 1. The molecule has 1 saturated heterocycles. The van der Waals surface area contributed by atoms with Crippen molar-refractivity contribution >= 4 is 18.0 Å². The molecule has 2 aliphatic heterocycles. The van der Waals surface area contributed by atoms with E-state index in [0.29, 0.717) is 12.0 Å². The summed E-state index contributed by atoms with van der Waals surface area (Å²) in [6.07, 6.45) is 3.46. The van der Waals surface area contributed by atoms with E-state index in [1.54, 1.807) is 6.92 Å². The molecular formula is C18H19NO6. The van der Waals surface area contributed by atoms with E-state index in [0.717, 1.165) is 36.2 Å². The van der Waals surface area contributed by atoms with Crippen molar-refractivity contribution < 1.29 is 29.3 Å². The lowest BCUT2D eigenvalue weighted by Gasteiger charge is -2.24. The Hall–Kier alpha value is -2.57. The quantitative estimate of drug-likeness (QED) is 0.327. The number of rotatable bonds is 1. The van der Waals surface area contributed by atoms with Crippen LogP contribution < -0.4 is 0 Å². The number of cyclic esters (lactones) is 1. The van der Waals surface area contributed by atoms with Gasteiger partial charge in [-0.05, 0) is 50.7 Å². The highest BCUT2D eigenvalue weighted by molar-refractivity contribution is 6.06. The first kappa shape index (κ1) is 15.9. The number of fused-ring (bicyclic) bond motifs is 2. The van der Waals surface area contributed by atoms with Crippen molar-refractivity contribution in [1.82, 2.24) is 4.90 Å². The third-order valence-corrected chi connectivity index (χ3v) is 5.64. The molecule has 0 unspecified atom stereocenters. The minimum Gasteiger partial charge on any atom is -0.507 e. The zero-order chi connectivity index (χ0) is 17.9. The summed E-state index contributed by atoms with van der Waals surface area (Å²) in [5.74, 6) is -1.97. The molecule has 2 N–H and O–H groups in total. The number of likely N-dealkylation sites (tertiary alicyclic amines) is 1. The molecule has 0 aromatic rings. The molecule has 2 heterocycles. The number of ether oxygens (including phenoxy) is 1. The molecule has 4 aliphatic rings. The molecule has 7 heteroatoms. The van der Waals surface area contributed by atoms with Crippen LogP contribution in [0.2, 0.25) is 0 Å². The fourth-order valence-electron chi connectivity index (χ4n) is 4.54. The van der Waals surface area contributed by atoms with Crippen LogP contribution in [0.25, 0.3) is 0 Å². The SMILES string of the molecule is CC1=C[C@H](C(O)=C2C(=O)N(C(=O)O)[C@@H]3C4=C(CCCC4)C[C@H]23)OC1=O. The van der Waals surface area contributed by atoms with Gasteiger partial charge in [-0.2, -0.15) is 0 Å². The minimum atomic E-state index is -1.31. The summed E-state index contributed by atoms with van der Waals surface area (Å²) >= 11 is 0. The highest BCUT2D eigenvalue weighted by Gasteiger charge is 2.54. The summed E-state index contributed by atoms with van der Waals surface area (Å²) in [4.78, 5) is 36.9. The molecule has 3 atom stereocenters. The number of carbonyl (C=O) groups excluding carboxylic acids is 2. The van der Waals surface area contributed by atoms with Gasteiger partial charge in [0.15, 0.2) is 6.10 Å². The maximum Gasteiger partial charge on any atom is 0.414 e. The average molecular weight is 345 g/mol. The van der Waals surface area contributed by atoms with Gasteiger partial charge in [-0.25, -0.2) is 14.5 Å². The Labute approximate surface area is 144 Å². The monoisotopic (exact) mass is 345 g/mol. The summed E-state index contributed by atoms with van der Waals surface area (Å²) in [5, 5.41) is 20.2. The number of carboxylic acid groups (broad SMARTS) is 1. The zero-order valence-electron chi connectivity index (χ0n) is 13.8. The van der Waals surface area contributed by atoms with Gasteiger partial charge in [0.05, 0.1) is 11.6 Å². The van der Waals surface area contributed by atoms with Gasteiger partial charge < -0.3 is 14.9 Å². The highest BCUT2D eigenvalue weighted by atomic mass is 16.6. The van der Waals surface area contributed by atoms with Crippen LogP contribution in [0.5, 0.6) is 0 Å². The smallest absolute Gasteiger partial charge is 0.414 e. The van der Waals surface area contributed by atoms with Gasteiger partial charge in [-0.3, -0.25) is 4.79 Å². The normalized spacial score (nSPS) is 33.2. The Bertz CT molecular complexity index is 789. The predicted octanol–water partition coefficient (Wildman–Crippen LogP) is 2.45. The molecule has 2 amide bonds. The lowest BCUT2D eigenvalue weighted by atomic mass is 9.91. The van der Waals surface area contributed by atoms with Crippen molar-refractivity contribution in [2.75, 3.05) is 0 Å². The van der Waals surface area contributed by atoms with Gasteiger partial charge in [0, 0.05) is 11.5 Å². The van der Waals surface area contributed by atoms with Crippen molar-refractivity contribution in [2.24, 2.45) is 5.92 Å². The van der Waals surface area contributed by atoms with E-state index in [4.69, 9.17) is 4.74 Å². The van der Waals surface area contributed by atoms with Crippen LogP contribution in [0.3, 0.4) is 0 Å². The Morgan fingerprint density at radius 2 is 1.96 bits per heavy atom. The first-order valence-corrected chi connectivity index (χ1v) is 8.50. The standard InChI is InChI=1S/C18H19NO6/c1-8-6-12(25-17(8)22)15(20)13-11-7-9-4-2-3-5-10(9)14(11)19(16(13)21)18(23)24/h6,11-12,14,20H,2-5,7H2,1H3,(H,23,24)/t11-,12-,14-/m1/s1. The van der Waals surface area contributed by atoms with Gasteiger partial charge in [-0.1, -0.05) is 5.57 Å². The average Bonchev–Trinajstić information content (AvgIpc) is 3.17. The van der Waals surface area contributed by atoms with Gasteiger partial charge in [0.2, 0.25) is 0 Å². The van der Waals surface area contributed by atoms with Crippen molar-refractivity contribution in [2.45, 2.75) is 51.2 Å². The molecule has 0 saturated carbocycles. The van der Waals surface area contributed by atoms with Gasteiger partial charge in [0.1, 0.15) is 5.76 Å². The summed E-state index contributed by atoms with van der Waals surface area (Å²) < 4.78 is 5.09. The fraction of sp³-hybridized carbons (Fsp3) is 0.500. The number of allylic oxidation sites excluding steroid dienone is 1. The topological polar surface area (TPSA) is 104 Å². The van der Waals surface area contributed by atoms with Crippen LogP contribution in [-0.2, 0) is 14.3 Å². The molecule has 132 valence electrons. The second kappa shape index (κ2) is 5.47. The van der Waals surface area contributed by atoms with Crippen molar-refractivity contribution in [3.05, 3.63) is 34.1 Å². The van der Waals surface area contributed by atoms with Crippen molar-refractivity contribution in [1.29, 1.82) is 0 Å². The summed E-state index contributed by atoms with van der Waals surface area (Å²) in [7, 11) is 0. The van der Waals surface area contributed by atoms with Crippen LogP contribution in [0.4, 0.5) is 4.79 Å². The van der Waals surface area contributed by atoms with E-state index in [2.05, 4.69) is 0 Å². The molecule has 4 rings (SSSR count). The van der Waals surface area contributed by atoms with Crippen LogP contribution in [0.15, 0.2) is 34.1 Å². The molecule has 0 bridgehead atoms. The lowest BCUT2D eigenvalue weighted by molar-refractivity contribution is -0.139. The van der Waals surface area contributed by atoms with E-state index in [1.807, 2.05) is 0 Å². The minimum absolute atomic E-state index is 0.0746. The molecule has 0 radical (unpaired) electrons. The predicted molar refractivity (Wildman–Crippen MR) is 85.6 cm³/mol. The number of hydrogen-bond donors (Lipinski definition) is 2. The van der Waals surface area contributed by atoms with Crippen LogP contribution >= 0.6 is 0 Å². The zero-order valence-corrected chi connectivity index (χ0v) is 13.8. The fourth-order valence-corrected chi connectivity index (χ4v) is 4.54. The molecular weight excluding hydrogens is 326 g/mol. The van der Waals surface area contributed by atoms with E-state index in [9.17, 15) is 24.6 Å². The maximum atomic E-state index is 12.7. The van der Waals surface area contributed by atoms with Crippen LogP contribution in [0, 0.1) is 5.92 Å². The van der Waals surface area contributed by atoms with Crippen LogP contribution in [0.1, 0.15) is 39.0 Å². The van der Waals surface area contributed by atoms with Gasteiger partial charge >= 0.3 is 12.1 Å². The molecule has 2 aliphatic carbocycles. The number of amides is 2. The van der Waals surface area contributed by atoms with Crippen molar-refractivity contribution in [3.63, 3.8) is 0 Å². The van der Waals surface area contributed by atoms with Gasteiger partial charge in [-0.15, -0.1) is 0 Å².